The molecule has 0 spiro atoms. The zero-order valence-electron chi connectivity index (χ0n) is 9.98. The van der Waals surface area contributed by atoms with Crippen LogP contribution in [0.1, 0.15) is 5.56 Å². The average molecular weight is 262 g/mol. The van der Waals surface area contributed by atoms with Gasteiger partial charge in [-0.2, -0.15) is 0 Å². The van der Waals surface area contributed by atoms with E-state index in [0.717, 1.165) is 11.0 Å². The third kappa shape index (κ3) is 2.78. The number of carbonyl (C=O) groups is 2. The van der Waals surface area contributed by atoms with Crippen LogP contribution in [0.4, 0.5) is 10.1 Å². The minimum absolute atomic E-state index is 0.0926. The summed E-state index contributed by atoms with van der Waals surface area (Å²) in [5.41, 5.74) is 5.59. The second-order valence-corrected chi connectivity index (χ2v) is 3.79. The van der Waals surface area contributed by atoms with Crippen LogP contribution in [0.2, 0.25) is 0 Å². The molecule has 0 aliphatic carbocycles. The standard InChI is InChI=1S/C13H11FN2O3/c14-11-4-3-10(6-9(11)2-1-5-15)16-12(17)7-19-8-13(16)18/h3-4,6H,5,7-8,15H2. The Morgan fingerprint density at radius 1 is 1.32 bits per heavy atom. The Balaban J connectivity index is 2.39. The number of halogens is 1. The van der Waals surface area contributed by atoms with Crippen molar-refractivity contribution >= 4 is 17.5 Å². The summed E-state index contributed by atoms with van der Waals surface area (Å²) < 4.78 is 18.3. The molecule has 98 valence electrons. The summed E-state index contributed by atoms with van der Waals surface area (Å²) >= 11 is 0. The highest BCUT2D eigenvalue weighted by Crippen LogP contribution is 2.20. The van der Waals surface area contributed by atoms with E-state index in [-0.39, 0.29) is 31.0 Å². The maximum absolute atomic E-state index is 13.5. The lowest BCUT2D eigenvalue weighted by atomic mass is 10.1. The number of amides is 2. The number of hydrogen-bond acceptors (Lipinski definition) is 4. The van der Waals surface area contributed by atoms with Gasteiger partial charge in [-0.25, -0.2) is 9.29 Å². The first-order valence-corrected chi connectivity index (χ1v) is 5.55. The van der Waals surface area contributed by atoms with Crippen LogP contribution in [-0.4, -0.2) is 31.6 Å². The molecule has 1 aliphatic heterocycles. The van der Waals surface area contributed by atoms with Gasteiger partial charge in [0.25, 0.3) is 11.8 Å². The van der Waals surface area contributed by atoms with Crippen LogP contribution in [0.5, 0.6) is 0 Å². The fourth-order valence-corrected chi connectivity index (χ4v) is 1.68. The van der Waals surface area contributed by atoms with Gasteiger partial charge in [-0.1, -0.05) is 11.8 Å². The molecule has 0 saturated carbocycles. The van der Waals surface area contributed by atoms with Crippen molar-refractivity contribution in [3.63, 3.8) is 0 Å². The summed E-state index contributed by atoms with van der Waals surface area (Å²) in [5, 5.41) is 0. The third-order valence-electron chi connectivity index (χ3n) is 2.48. The Labute approximate surface area is 109 Å². The molecule has 1 heterocycles. The van der Waals surface area contributed by atoms with Crippen molar-refractivity contribution in [3.8, 4) is 11.8 Å². The summed E-state index contributed by atoms with van der Waals surface area (Å²) in [6.07, 6.45) is 0. The highest BCUT2D eigenvalue weighted by molar-refractivity contribution is 6.17. The lowest BCUT2D eigenvalue weighted by Crippen LogP contribution is -2.46. The van der Waals surface area contributed by atoms with Crippen LogP contribution >= 0.6 is 0 Å². The van der Waals surface area contributed by atoms with Crippen LogP contribution < -0.4 is 10.6 Å². The Kier molecular flexibility index (Phi) is 3.90. The second-order valence-electron chi connectivity index (χ2n) is 3.79. The minimum atomic E-state index is -0.530. The number of ether oxygens (including phenoxy) is 1. The molecule has 0 radical (unpaired) electrons. The number of imide groups is 1. The minimum Gasteiger partial charge on any atom is -0.362 e. The first-order valence-electron chi connectivity index (χ1n) is 5.55. The number of morpholine rings is 1. The van der Waals surface area contributed by atoms with Crippen LogP contribution in [0.25, 0.3) is 0 Å². The van der Waals surface area contributed by atoms with Crippen molar-refractivity contribution in [3.05, 3.63) is 29.6 Å². The van der Waals surface area contributed by atoms with Gasteiger partial charge in [-0.15, -0.1) is 0 Å². The number of carbonyl (C=O) groups excluding carboxylic acids is 2. The van der Waals surface area contributed by atoms with Crippen LogP contribution in [0, 0.1) is 17.7 Å². The first kappa shape index (κ1) is 13.2. The molecule has 1 fully saturated rings. The van der Waals surface area contributed by atoms with E-state index < -0.39 is 17.6 Å². The van der Waals surface area contributed by atoms with E-state index in [4.69, 9.17) is 10.5 Å². The number of hydrogen-bond donors (Lipinski definition) is 1. The molecular formula is C13H11FN2O3. The summed E-state index contributed by atoms with van der Waals surface area (Å²) in [7, 11) is 0. The molecule has 0 aromatic heterocycles. The van der Waals surface area contributed by atoms with Crippen molar-refractivity contribution < 1.29 is 18.7 Å². The van der Waals surface area contributed by atoms with Gasteiger partial charge >= 0.3 is 0 Å². The molecule has 2 amide bonds. The largest absolute Gasteiger partial charge is 0.362 e. The zero-order valence-corrected chi connectivity index (χ0v) is 9.98. The summed E-state index contributed by atoms with van der Waals surface area (Å²) in [6, 6.07) is 3.86. The van der Waals surface area contributed by atoms with Crippen molar-refractivity contribution in [1.82, 2.24) is 0 Å². The summed E-state index contributed by atoms with van der Waals surface area (Å²) in [6.45, 7) is -0.251. The van der Waals surface area contributed by atoms with E-state index in [1.165, 1.54) is 12.1 Å². The Morgan fingerprint density at radius 3 is 2.63 bits per heavy atom. The van der Waals surface area contributed by atoms with Crippen LogP contribution in [0.3, 0.4) is 0 Å². The van der Waals surface area contributed by atoms with Crippen molar-refractivity contribution in [2.24, 2.45) is 5.73 Å². The molecule has 19 heavy (non-hydrogen) atoms. The Morgan fingerprint density at radius 2 is 2.00 bits per heavy atom. The number of nitrogens with zero attached hydrogens (tertiary/aromatic N) is 1. The predicted octanol–water partition coefficient (Wildman–Crippen LogP) is 0.0257. The third-order valence-corrected chi connectivity index (χ3v) is 2.48. The van der Waals surface area contributed by atoms with E-state index in [2.05, 4.69) is 11.8 Å². The predicted molar refractivity (Wildman–Crippen MR) is 65.6 cm³/mol. The second kappa shape index (κ2) is 5.61. The molecule has 2 N–H and O–H groups in total. The molecule has 6 heteroatoms. The van der Waals surface area contributed by atoms with Crippen molar-refractivity contribution in [2.75, 3.05) is 24.7 Å². The van der Waals surface area contributed by atoms with Gasteiger partial charge in [0.15, 0.2) is 0 Å². The average Bonchev–Trinajstić information content (AvgIpc) is 2.39. The van der Waals surface area contributed by atoms with Gasteiger partial charge in [0.2, 0.25) is 0 Å². The van der Waals surface area contributed by atoms with Gasteiger partial charge in [0.05, 0.1) is 17.8 Å². The Bertz CT molecular complexity index is 573. The molecule has 0 unspecified atom stereocenters. The topological polar surface area (TPSA) is 72.6 Å². The van der Waals surface area contributed by atoms with E-state index in [1.807, 2.05) is 0 Å². The molecule has 1 aromatic carbocycles. The molecule has 1 aromatic rings. The molecule has 2 rings (SSSR count). The van der Waals surface area contributed by atoms with Gasteiger partial charge < -0.3 is 10.5 Å². The monoisotopic (exact) mass is 262 g/mol. The van der Waals surface area contributed by atoms with Crippen LogP contribution in [0.15, 0.2) is 18.2 Å². The van der Waals surface area contributed by atoms with E-state index >= 15 is 0 Å². The number of anilines is 1. The normalized spacial score (nSPS) is 15.2. The van der Waals surface area contributed by atoms with Gasteiger partial charge in [0.1, 0.15) is 19.0 Å². The van der Waals surface area contributed by atoms with E-state index in [9.17, 15) is 14.0 Å². The number of benzene rings is 1. The SMILES string of the molecule is NCC#Cc1cc(N2C(=O)COCC2=O)ccc1F. The Hall–Kier alpha value is -2.23. The quantitative estimate of drug-likeness (QED) is 0.572. The van der Waals surface area contributed by atoms with Crippen LogP contribution in [-0.2, 0) is 14.3 Å². The van der Waals surface area contributed by atoms with Gasteiger partial charge in [-0.05, 0) is 18.2 Å². The lowest BCUT2D eigenvalue weighted by Gasteiger charge is -2.25. The zero-order chi connectivity index (χ0) is 13.8. The van der Waals surface area contributed by atoms with Gasteiger partial charge in [0, 0.05) is 0 Å². The fraction of sp³-hybridized carbons (Fsp3) is 0.231. The molecule has 0 atom stereocenters. The maximum Gasteiger partial charge on any atom is 0.259 e. The summed E-state index contributed by atoms with van der Waals surface area (Å²) in [5.74, 6) is 3.57. The smallest absolute Gasteiger partial charge is 0.259 e. The van der Waals surface area contributed by atoms with E-state index in [1.54, 1.807) is 0 Å². The molecule has 0 bridgehead atoms. The fourth-order valence-electron chi connectivity index (χ4n) is 1.68. The first-order chi connectivity index (χ1) is 9.13. The summed E-state index contributed by atoms with van der Waals surface area (Å²) in [4.78, 5) is 24.3. The number of rotatable bonds is 1. The van der Waals surface area contributed by atoms with Crippen molar-refractivity contribution in [1.29, 1.82) is 0 Å². The number of nitrogens with two attached hydrogens (primary N) is 1. The van der Waals surface area contributed by atoms with E-state index in [0.29, 0.717) is 0 Å². The van der Waals surface area contributed by atoms with Gasteiger partial charge in [-0.3, -0.25) is 9.59 Å². The molecule has 1 saturated heterocycles. The highest BCUT2D eigenvalue weighted by atomic mass is 19.1. The molecular weight excluding hydrogens is 251 g/mol. The lowest BCUT2D eigenvalue weighted by molar-refractivity contribution is -0.138. The molecule has 5 nitrogen and oxygen atoms in total. The van der Waals surface area contributed by atoms with Crippen molar-refractivity contribution in [2.45, 2.75) is 0 Å². The molecule has 1 aliphatic rings. The maximum atomic E-state index is 13.5. The highest BCUT2D eigenvalue weighted by Gasteiger charge is 2.28.